The second-order valence-electron chi connectivity index (χ2n) is 1.32. The van der Waals surface area contributed by atoms with Crippen molar-refractivity contribution < 1.29 is 0 Å². The Bertz CT molecular complexity index is 95.6. The molecule has 1 heteroatoms. The van der Waals surface area contributed by atoms with Crippen LogP contribution in [0.5, 0.6) is 0 Å². The standard InChI is InChI=1S/C7H11N/c1-3-4-5-6-7-8-2/h3-7H,1-2H3/b4-3-,6-5-,8-7-. The van der Waals surface area contributed by atoms with Crippen LogP contribution in [0.15, 0.2) is 29.3 Å². The minimum atomic E-state index is 1.75. The molecule has 0 fully saturated rings. The van der Waals surface area contributed by atoms with Crippen LogP contribution in [0.2, 0.25) is 0 Å². The monoisotopic (exact) mass is 109 g/mol. The molecular weight excluding hydrogens is 98.1 g/mol. The quantitative estimate of drug-likeness (QED) is 0.379. The summed E-state index contributed by atoms with van der Waals surface area (Å²) < 4.78 is 0. The Balaban J connectivity index is 3.35. The largest absolute Gasteiger partial charge is 0.297 e. The molecule has 0 heterocycles. The van der Waals surface area contributed by atoms with E-state index in [4.69, 9.17) is 0 Å². The summed E-state index contributed by atoms with van der Waals surface area (Å²) in [4.78, 5) is 3.76. The van der Waals surface area contributed by atoms with E-state index >= 15 is 0 Å². The Morgan fingerprint density at radius 1 is 1.12 bits per heavy atom. The van der Waals surface area contributed by atoms with Crippen molar-refractivity contribution in [1.82, 2.24) is 0 Å². The predicted molar refractivity (Wildman–Crippen MR) is 38.4 cm³/mol. The van der Waals surface area contributed by atoms with Crippen LogP contribution in [0.3, 0.4) is 0 Å². The van der Waals surface area contributed by atoms with Gasteiger partial charge in [0.05, 0.1) is 0 Å². The molecule has 0 aliphatic rings. The summed E-state index contributed by atoms with van der Waals surface area (Å²) in [5.74, 6) is 0. The summed E-state index contributed by atoms with van der Waals surface area (Å²) in [5, 5.41) is 0. The van der Waals surface area contributed by atoms with Crippen LogP contribution in [0.1, 0.15) is 6.92 Å². The first-order valence-electron chi connectivity index (χ1n) is 2.62. The lowest BCUT2D eigenvalue weighted by Crippen LogP contribution is -1.58. The van der Waals surface area contributed by atoms with Crippen LogP contribution in [0.25, 0.3) is 0 Å². The highest BCUT2D eigenvalue weighted by molar-refractivity contribution is 5.71. The highest BCUT2D eigenvalue weighted by Crippen LogP contribution is 1.71. The van der Waals surface area contributed by atoms with Gasteiger partial charge in [0.25, 0.3) is 0 Å². The lowest BCUT2D eigenvalue weighted by molar-refractivity contribution is 1.48. The maximum atomic E-state index is 3.76. The third-order valence-electron chi connectivity index (χ3n) is 0.650. The van der Waals surface area contributed by atoms with Crippen LogP contribution in [-0.2, 0) is 0 Å². The fourth-order valence-corrected chi connectivity index (χ4v) is 0.311. The van der Waals surface area contributed by atoms with Gasteiger partial charge in [0.1, 0.15) is 0 Å². The molecule has 0 aromatic carbocycles. The van der Waals surface area contributed by atoms with Crippen molar-refractivity contribution in [2.45, 2.75) is 6.92 Å². The molecule has 0 N–H and O–H groups in total. The molecule has 1 nitrogen and oxygen atoms in total. The number of hydrogen-bond donors (Lipinski definition) is 0. The molecule has 0 aromatic heterocycles. The average Bonchev–Trinajstić information content (AvgIpc) is 1.81. The molecule has 0 rings (SSSR count). The third-order valence-corrected chi connectivity index (χ3v) is 0.650. The second-order valence-corrected chi connectivity index (χ2v) is 1.32. The maximum Gasteiger partial charge on any atom is 0.0277 e. The summed E-state index contributed by atoms with van der Waals surface area (Å²) in [5.41, 5.74) is 0. The maximum absolute atomic E-state index is 3.76. The Labute approximate surface area is 50.4 Å². The van der Waals surface area contributed by atoms with Gasteiger partial charge in [-0.2, -0.15) is 0 Å². The summed E-state index contributed by atoms with van der Waals surface area (Å²) in [6.45, 7) is 1.98. The van der Waals surface area contributed by atoms with Crippen molar-refractivity contribution in [3.8, 4) is 0 Å². The van der Waals surface area contributed by atoms with Gasteiger partial charge in [-0.25, -0.2) is 0 Å². The average molecular weight is 109 g/mol. The Morgan fingerprint density at radius 3 is 2.38 bits per heavy atom. The van der Waals surface area contributed by atoms with E-state index in [1.54, 1.807) is 13.3 Å². The molecule has 0 aliphatic carbocycles. The molecule has 0 spiro atoms. The fourth-order valence-electron chi connectivity index (χ4n) is 0.311. The Hall–Kier alpha value is -0.850. The second kappa shape index (κ2) is 6.15. The van der Waals surface area contributed by atoms with Gasteiger partial charge in [0.2, 0.25) is 0 Å². The minimum Gasteiger partial charge on any atom is -0.297 e. The lowest BCUT2D eigenvalue weighted by Gasteiger charge is -1.68. The van der Waals surface area contributed by atoms with Crippen molar-refractivity contribution in [2.75, 3.05) is 7.05 Å². The van der Waals surface area contributed by atoms with Crippen LogP contribution in [0.4, 0.5) is 0 Å². The highest BCUT2D eigenvalue weighted by Gasteiger charge is 1.55. The summed E-state index contributed by atoms with van der Waals surface area (Å²) in [6.07, 6.45) is 9.51. The van der Waals surface area contributed by atoms with Gasteiger partial charge in [-0.15, -0.1) is 0 Å². The van der Waals surface area contributed by atoms with Crippen LogP contribution < -0.4 is 0 Å². The molecule has 0 bridgehead atoms. The minimum absolute atomic E-state index is 1.75. The van der Waals surface area contributed by atoms with Gasteiger partial charge >= 0.3 is 0 Å². The first-order chi connectivity index (χ1) is 3.91. The Morgan fingerprint density at radius 2 is 1.88 bits per heavy atom. The van der Waals surface area contributed by atoms with E-state index in [1.807, 2.05) is 31.2 Å². The van der Waals surface area contributed by atoms with Crippen molar-refractivity contribution in [2.24, 2.45) is 4.99 Å². The SMILES string of the molecule is C\C=C/C=C\C=N/C. The molecule has 0 radical (unpaired) electrons. The number of rotatable bonds is 2. The van der Waals surface area contributed by atoms with E-state index in [9.17, 15) is 0 Å². The molecule has 8 heavy (non-hydrogen) atoms. The first-order valence-corrected chi connectivity index (χ1v) is 2.62. The van der Waals surface area contributed by atoms with E-state index in [2.05, 4.69) is 4.99 Å². The number of nitrogens with zero attached hydrogens (tertiary/aromatic N) is 1. The van der Waals surface area contributed by atoms with Gasteiger partial charge in [-0.3, -0.25) is 4.99 Å². The zero-order chi connectivity index (χ0) is 6.24. The van der Waals surface area contributed by atoms with Crippen molar-refractivity contribution >= 4 is 6.21 Å². The third kappa shape index (κ3) is 5.15. The van der Waals surface area contributed by atoms with E-state index in [-0.39, 0.29) is 0 Å². The number of hydrogen-bond acceptors (Lipinski definition) is 1. The van der Waals surface area contributed by atoms with Gasteiger partial charge in [-0.1, -0.05) is 18.2 Å². The van der Waals surface area contributed by atoms with Gasteiger partial charge in [0.15, 0.2) is 0 Å². The number of allylic oxidation sites excluding steroid dienone is 4. The molecule has 0 unspecified atom stereocenters. The van der Waals surface area contributed by atoms with Crippen molar-refractivity contribution in [1.29, 1.82) is 0 Å². The van der Waals surface area contributed by atoms with Crippen molar-refractivity contribution in [3.05, 3.63) is 24.3 Å². The predicted octanol–water partition coefficient (Wildman–Crippen LogP) is 1.82. The van der Waals surface area contributed by atoms with E-state index in [0.29, 0.717) is 0 Å². The molecular formula is C7H11N. The summed E-state index contributed by atoms with van der Waals surface area (Å²) in [7, 11) is 1.75. The van der Waals surface area contributed by atoms with Crippen LogP contribution in [-0.4, -0.2) is 13.3 Å². The van der Waals surface area contributed by atoms with E-state index in [0.717, 1.165) is 0 Å². The van der Waals surface area contributed by atoms with Gasteiger partial charge < -0.3 is 0 Å². The molecule has 0 amide bonds. The van der Waals surface area contributed by atoms with Crippen molar-refractivity contribution in [3.63, 3.8) is 0 Å². The highest BCUT2D eigenvalue weighted by atomic mass is 14.6. The summed E-state index contributed by atoms with van der Waals surface area (Å²) in [6, 6.07) is 0. The Kier molecular flexibility index (Phi) is 5.50. The first kappa shape index (κ1) is 7.15. The normalized spacial score (nSPS) is 12.8. The molecule has 0 atom stereocenters. The van der Waals surface area contributed by atoms with E-state index in [1.165, 1.54) is 0 Å². The zero-order valence-corrected chi connectivity index (χ0v) is 5.33. The van der Waals surface area contributed by atoms with Crippen LogP contribution >= 0.6 is 0 Å². The van der Waals surface area contributed by atoms with E-state index < -0.39 is 0 Å². The number of aliphatic imine (C=N–C) groups is 1. The molecule has 0 aromatic rings. The molecule has 0 aliphatic heterocycles. The van der Waals surface area contributed by atoms with Gasteiger partial charge in [-0.05, 0) is 13.0 Å². The lowest BCUT2D eigenvalue weighted by atomic mass is 10.4. The fraction of sp³-hybridized carbons (Fsp3) is 0.286. The zero-order valence-electron chi connectivity index (χ0n) is 5.33. The molecule has 44 valence electrons. The van der Waals surface area contributed by atoms with Gasteiger partial charge in [0, 0.05) is 13.3 Å². The summed E-state index contributed by atoms with van der Waals surface area (Å²) >= 11 is 0. The van der Waals surface area contributed by atoms with Crippen LogP contribution in [0, 0.1) is 0 Å². The molecule has 0 saturated heterocycles. The topological polar surface area (TPSA) is 12.4 Å². The smallest absolute Gasteiger partial charge is 0.0277 e. The molecule has 0 saturated carbocycles.